The number of ether oxygens (including phenoxy) is 2. The van der Waals surface area contributed by atoms with Crippen molar-refractivity contribution in [2.75, 3.05) is 13.2 Å². The van der Waals surface area contributed by atoms with Gasteiger partial charge in [-0.1, -0.05) is 83.1 Å². The molecule has 0 radical (unpaired) electrons. The lowest BCUT2D eigenvalue weighted by Gasteiger charge is -2.30. The summed E-state index contributed by atoms with van der Waals surface area (Å²) in [6.45, 7) is 5.95. The van der Waals surface area contributed by atoms with E-state index in [1.165, 1.54) is 68.9 Å². The molecule has 1 heterocycles. The summed E-state index contributed by atoms with van der Waals surface area (Å²) < 4.78 is 12.0. The maximum absolute atomic E-state index is 6.05. The van der Waals surface area contributed by atoms with Gasteiger partial charge in [0.1, 0.15) is 6.10 Å². The topological polar surface area (TPSA) is 18.5 Å². The van der Waals surface area contributed by atoms with Gasteiger partial charge in [-0.3, -0.25) is 0 Å². The third kappa shape index (κ3) is 6.94. The lowest BCUT2D eigenvalue weighted by molar-refractivity contribution is -0.137. The molecule has 2 rings (SSSR count). The Morgan fingerprint density at radius 3 is 2.17 bits per heavy atom. The van der Waals surface area contributed by atoms with Crippen LogP contribution < -0.4 is 0 Å². The standard InChI is InChI=1S/C22H36O2/c1-3-5-7-8-10-11-19-13-15-20(16-14-19)22-18-23-21(17-24-22)12-9-6-4-2/h13-16,21-22H,3-12,17-18H2,1-2H3/t21-,22-/m1/s1. The molecule has 2 nitrogen and oxygen atoms in total. The summed E-state index contributed by atoms with van der Waals surface area (Å²) in [5.41, 5.74) is 2.71. The summed E-state index contributed by atoms with van der Waals surface area (Å²) in [7, 11) is 0. The van der Waals surface area contributed by atoms with Crippen LogP contribution in [0.5, 0.6) is 0 Å². The van der Waals surface area contributed by atoms with Crippen LogP contribution in [-0.4, -0.2) is 19.3 Å². The van der Waals surface area contributed by atoms with Crippen LogP contribution >= 0.6 is 0 Å². The summed E-state index contributed by atoms with van der Waals surface area (Å²) in [5.74, 6) is 0. The Morgan fingerprint density at radius 1 is 0.792 bits per heavy atom. The Balaban J connectivity index is 1.68. The van der Waals surface area contributed by atoms with Gasteiger partial charge >= 0.3 is 0 Å². The van der Waals surface area contributed by atoms with Gasteiger partial charge in [0.25, 0.3) is 0 Å². The highest BCUT2D eigenvalue weighted by atomic mass is 16.6. The van der Waals surface area contributed by atoms with Crippen LogP contribution in [0.2, 0.25) is 0 Å². The fourth-order valence-electron chi connectivity index (χ4n) is 3.36. The van der Waals surface area contributed by atoms with Gasteiger partial charge in [0.15, 0.2) is 0 Å². The summed E-state index contributed by atoms with van der Waals surface area (Å²) in [6.07, 6.45) is 13.3. The van der Waals surface area contributed by atoms with Crippen molar-refractivity contribution in [2.24, 2.45) is 0 Å². The van der Waals surface area contributed by atoms with Gasteiger partial charge in [0, 0.05) is 0 Å². The molecule has 1 aliphatic rings. The molecule has 0 saturated carbocycles. The van der Waals surface area contributed by atoms with Crippen LogP contribution in [-0.2, 0) is 15.9 Å². The van der Waals surface area contributed by atoms with Crippen molar-refractivity contribution in [2.45, 2.75) is 90.3 Å². The predicted octanol–water partition coefficient (Wildman–Crippen LogP) is 6.24. The van der Waals surface area contributed by atoms with Crippen LogP contribution in [0.15, 0.2) is 24.3 Å². The molecule has 2 heteroatoms. The maximum atomic E-state index is 6.05. The summed E-state index contributed by atoms with van der Waals surface area (Å²) in [6, 6.07) is 9.00. The van der Waals surface area contributed by atoms with Crippen molar-refractivity contribution >= 4 is 0 Å². The summed E-state index contributed by atoms with van der Waals surface area (Å²) in [5, 5.41) is 0. The van der Waals surface area contributed by atoms with Crippen molar-refractivity contribution < 1.29 is 9.47 Å². The average Bonchev–Trinajstić information content (AvgIpc) is 2.63. The first-order valence-corrected chi connectivity index (χ1v) is 10.2. The predicted molar refractivity (Wildman–Crippen MR) is 101 cm³/mol. The number of rotatable bonds is 11. The molecule has 1 fully saturated rings. The minimum Gasteiger partial charge on any atom is -0.373 e. The molecule has 1 saturated heterocycles. The van der Waals surface area contributed by atoms with E-state index in [1.54, 1.807) is 0 Å². The van der Waals surface area contributed by atoms with Gasteiger partial charge < -0.3 is 9.47 Å². The number of hydrogen-bond donors (Lipinski definition) is 0. The zero-order valence-electron chi connectivity index (χ0n) is 15.8. The van der Waals surface area contributed by atoms with E-state index in [0.29, 0.717) is 12.7 Å². The molecule has 0 aromatic heterocycles. The van der Waals surface area contributed by atoms with E-state index in [0.717, 1.165) is 13.0 Å². The van der Waals surface area contributed by atoms with Crippen molar-refractivity contribution in [3.05, 3.63) is 35.4 Å². The molecule has 0 amide bonds. The van der Waals surface area contributed by atoms with E-state index in [-0.39, 0.29) is 6.10 Å². The van der Waals surface area contributed by atoms with Crippen LogP contribution in [0.25, 0.3) is 0 Å². The van der Waals surface area contributed by atoms with Crippen molar-refractivity contribution in [1.82, 2.24) is 0 Å². The number of unbranched alkanes of at least 4 members (excludes halogenated alkanes) is 6. The van der Waals surface area contributed by atoms with Gasteiger partial charge in [-0.2, -0.15) is 0 Å². The Bertz CT molecular complexity index is 418. The Hall–Kier alpha value is -0.860. The van der Waals surface area contributed by atoms with Crippen LogP contribution in [0.1, 0.15) is 88.9 Å². The molecule has 136 valence electrons. The number of hydrogen-bond acceptors (Lipinski definition) is 2. The monoisotopic (exact) mass is 332 g/mol. The zero-order valence-corrected chi connectivity index (χ0v) is 15.8. The van der Waals surface area contributed by atoms with E-state index < -0.39 is 0 Å². The van der Waals surface area contributed by atoms with E-state index in [9.17, 15) is 0 Å². The van der Waals surface area contributed by atoms with E-state index in [4.69, 9.17) is 9.47 Å². The molecule has 1 aromatic rings. The average molecular weight is 333 g/mol. The molecule has 2 atom stereocenters. The highest BCUT2D eigenvalue weighted by Crippen LogP contribution is 2.25. The molecular formula is C22H36O2. The first-order valence-electron chi connectivity index (χ1n) is 10.2. The fourth-order valence-corrected chi connectivity index (χ4v) is 3.36. The third-order valence-corrected chi connectivity index (χ3v) is 5.02. The molecular weight excluding hydrogens is 296 g/mol. The maximum Gasteiger partial charge on any atom is 0.106 e. The second kappa shape index (κ2) is 11.7. The van der Waals surface area contributed by atoms with E-state index in [1.807, 2.05) is 0 Å². The van der Waals surface area contributed by atoms with Gasteiger partial charge in [0.2, 0.25) is 0 Å². The largest absolute Gasteiger partial charge is 0.373 e. The second-order valence-electron chi connectivity index (χ2n) is 7.18. The second-order valence-corrected chi connectivity index (χ2v) is 7.18. The van der Waals surface area contributed by atoms with Crippen molar-refractivity contribution in [3.8, 4) is 0 Å². The highest BCUT2D eigenvalue weighted by molar-refractivity contribution is 5.24. The number of benzene rings is 1. The van der Waals surface area contributed by atoms with E-state index >= 15 is 0 Å². The lowest BCUT2D eigenvalue weighted by Crippen LogP contribution is -2.31. The van der Waals surface area contributed by atoms with Crippen LogP contribution in [0.3, 0.4) is 0 Å². The van der Waals surface area contributed by atoms with Crippen LogP contribution in [0.4, 0.5) is 0 Å². The molecule has 0 spiro atoms. The lowest BCUT2D eigenvalue weighted by atomic mass is 10.0. The normalized spacial score (nSPS) is 21.1. The molecule has 1 aromatic carbocycles. The third-order valence-electron chi connectivity index (χ3n) is 5.02. The summed E-state index contributed by atoms with van der Waals surface area (Å²) in [4.78, 5) is 0. The molecule has 0 aliphatic carbocycles. The quantitative estimate of drug-likeness (QED) is 0.447. The first-order chi connectivity index (χ1) is 11.8. The fraction of sp³-hybridized carbons (Fsp3) is 0.727. The minimum atomic E-state index is 0.117. The molecule has 0 unspecified atom stereocenters. The van der Waals surface area contributed by atoms with Gasteiger partial charge in [-0.25, -0.2) is 0 Å². The molecule has 0 bridgehead atoms. The van der Waals surface area contributed by atoms with Crippen molar-refractivity contribution in [3.63, 3.8) is 0 Å². The summed E-state index contributed by atoms with van der Waals surface area (Å²) >= 11 is 0. The van der Waals surface area contributed by atoms with Gasteiger partial charge in [0.05, 0.1) is 19.3 Å². The van der Waals surface area contributed by atoms with Crippen LogP contribution in [0, 0.1) is 0 Å². The Kier molecular flexibility index (Phi) is 9.45. The smallest absolute Gasteiger partial charge is 0.106 e. The molecule has 24 heavy (non-hydrogen) atoms. The van der Waals surface area contributed by atoms with Crippen molar-refractivity contribution in [1.29, 1.82) is 0 Å². The highest BCUT2D eigenvalue weighted by Gasteiger charge is 2.23. The van der Waals surface area contributed by atoms with Gasteiger partial charge in [-0.15, -0.1) is 0 Å². The number of aryl methyl sites for hydroxylation is 1. The minimum absolute atomic E-state index is 0.117. The Labute approximate surface area is 148 Å². The van der Waals surface area contributed by atoms with Gasteiger partial charge in [-0.05, 0) is 30.4 Å². The SMILES string of the molecule is CCCCCCCc1ccc([C@H]2CO[C@H](CCCCC)CO2)cc1. The Morgan fingerprint density at radius 2 is 1.50 bits per heavy atom. The first kappa shape index (κ1) is 19.5. The molecule has 0 N–H and O–H groups in total. The molecule has 1 aliphatic heterocycles. The van der Waals surface area contributed by atoms with E-state index in [2.05, 4.69) is 38.1 Å². The zero-order chi connectivity index (χ0) is 17.0.